The molecule has 2 unspecified atom stereocenters. The van der Waals surface area contributed by atoms with Gasteiger partial charge in [-0.2, -0.15) is 0 Å². The molecule has 1 heteroatoms. The summed E-state index contributed by atoms with van der Waals surface area (Å²) >= 11 is 0. The Morgan fingerprint density at radius 2 is 1.91 bits per heavy atom. The standard InChI is InChI=1S/C10H17N/c11-10-6-5-8-3-1-2-4-9(8)7-10/h6,8-9H,1-5,7,11H2. The third-order valence-electron chi connectivity index (χ3n) is 3.25. The van der Waals surface area contributed by atoms with Gasteiger partial charge in [-0.15, -0.1) is 0 Å². The van der Waals surface area contributed by atoms with Crippen LogP contribution in [0.3, 0.4) is 0 Å². The minimum absolute atomic E-state index is 0.939. The fraction of sp³-hybridized carbons (Fsp3) is 0.800. The molecule has 1 saturated carbocycles. The summed E-state index contributed by atoms with van der Waals surface area (Å²) in [6, 6.07) is 0. The SMILES string of the molecule is NC1=CCC2CCCCC2C1. The van der Waals surface area contributed by atoms with Gasteiger partial charge in [0.1, 0.15) is 0 Å². The molecule has 0 aliphatic heterocycles. The van der Waals surface area contributed by atoms with Crippen LogP contribution in [0.2, 0.25) is 0 Å². The van der Waals surface area contributed by atoms with E-state index in [1.54, 1.807) is 0 Å². The number of allylic oxidation sites excluding steroid dienone is 2. The first kappa shape index (κ1) is 7.20. The van der Waals surface area contributed by atoms with Crippen LogP contribution in [0, 0.1) is 11.8 Å². The first-order valence-electron chi connectivity index (χ1n) is 4.81. The van der Waals surface area contributed by atoms with Gasteiger partial charge in [0, 0.05) is 5.70 Å². The van der Waals surface area contributed by atoms with Gasteiger partial charge < -0.3 is 5.73 Å². The van der Waals surface area contributed by atoms with Crippen LogP contribution < -0.4 is 5.73 Å². The maximum Gasteiger partial charge on any atom is 0.00429 e. The first-order valence-corrected chi connectivity index (χ1v) is 4.81. The Balaban J connectivity index is 2.04. The molecule has 0 radical (unpaired) electrons. The molecule has 0 aromatic carbocycles. The smallest absolute Gasteiger partial charge is 0.00429 e. The van der Waals surface area contributed by atoms with Crippen LogP contribution in [0.25, 0.3) is 0 Å². The van der Waals surface area contributed by atoms with E-state index in [0.717, 1.165) is 17.5 Å². The summed E-state index contributed by atoms with van der Waals surface area (Å²) in [7, 11) is 0. The lowest BCUT2D eigenvalue weighted by Gasteiger charge is -2.34. The lowest BCUT2D eigenvalue weighted by atomic mass is 9.73. The van der Waals surface area contributed by atoms with Crippen LogP contribution in [-0.2, 0) is 0 Å². The predicted octanol–water partition coefficient (Wildman–Crippen LogP) is 2.43. The van der Waals surface area contributed by atoms with Crippen molar-refractivity contribution in [3.63, 3.8) is 0 Å². The zero-order valence-corrected chi connectivity index (χ0v) is 7.05. The van der Waals surface area contributed by atoms with E-state index < -0.39 is 0 Å². The molecule has 2 atom stereocenters. The van der Waals surface area contributed by atoms with Crippen molar-refractivity contribution in [2.45, 2.75) is 38.5 Å². The minimum atomic E-state index is 0.939. The summed E-state index contributed by atoms with van der Waals surface area (Å²) < 4.78 is 0. The van der Waals surface area contributed by atoms with Crippen molar-refractivity contribution in [2.75, 3.05) is 0 Å². The summed E-state index contributed by atoms with van der Waals surface area (Å²) in [6.07, 6.45) is 10.5. The van der Waals surface area contributed by atoms with E-state index in [-0.39, 0.29) is 0 Å². The van der Waals surface area contributed by atoms with Gasteiger partial charge in [0.25, 0.3) is 0 Å². The normalized spacial score (nSPS) is 37.6. The molecule has 2 aliphatic carbocycles. The third kappa shape index (κ3) is 1.42. The molecule has 2 rings (SSSR count). The van der Waals surface area contributed by atoms with Crippen LogP contribution in [0.5, 0.6) is 0 Å². The van der Waals surface area contributed by atoms with Crippen LogP contribution in [0.1, 0.15) is 38.5 Å². The maximum atomic E-state index is 5.80. The van der Waals surface area contributed by atoms with Crippen molar-refractivity contribution < 1.29 is 0 Å². The summed E-state index contributed by atoms with van der Waals surface area (Å²) in [4.78, 5) is 0. The van der Waals surface area contributed by atoms with Gasteiger partial charge in [0.05, 0.1) is 0 Å². The maximum absolute atomic E-state index is 5.80. The van der Waals surface area contributed by atoms with Crippen molar-refractivity contribution in [1.82, 2.24) is 0 Å². The van der Waals surface area contributed by atoms with Gasteiger partial charge in [-0.1, -0.05) is 18.9 Å². The average molecular weight is 151 g/mol. The van der Waals surface area contributed by atoms with Crippen LogP contribution in [0.15, 0.2) is 11.8 Å². The molecule has 0 saturated heterocycles. The molecule has 62 valence electrons. The van der Waals surface area contributed by atoms with Crippen LogP contribution in [-0.4, -0.2) is 0 Å². The van der Waals surface area contributed by atoms with E-state index in [1.165, 1.54) is 38.5 Å². The number of rotatable bonds is 0. The van der Waals surface area contributed by atoms with Gasteiger partial charge in [0.2, 0.25) is 0 Å². The van der Waals surface area contributed by atoms with Crippen LogP contribution in [0.4, 0.5) is 0 Å². The summed E-state index contributed by atoms with van der Waals surface area (Å²) in [5.74, 6) is 1.92. The van der Waals surface area contributed by atoms with Crippen molar-refractivity contribution in [3.8, 4) is 0 Å². The average Bonchev–Trinajstić information content (AvgIpc) is 2.04. The molecule has 0 aromatic heterocycles. The highest BCUT2D eigenvalue weighted by Crippen LogP contribution is 2.38. The fourth-order valence-corrected chi connectivity index (χ4v) is 2.55. The quantitative estimate of drug-likeness (QED) is 0.565. The van der Waals surface area contributed by atoms with Gasteiger partial charge in [0.15, 0.2) is 0 Å². The Morgan fingerprint density at radius 1 is 1.18 bits per heavy atom. The minimum Gasteiger partial charge on any atom is -0.402 e. The second-order valence-electron chi connectivity index (χ2n) is 4.02. The Bertz CT molecular complexity index is 172. The molecular formula is C10H17N. The van der Waals surface area contributed by atoms with E-state index in [9.17, 15) is 0 Å². The van der Waals surface area contributed by atoms with Gasteiger partial charge in [-0.3, -0.25) is 0 Å². The molecule has 2 aliphatic rings. The number of nitrogens with two attached hydrogens (primary N) is 1. The molecule has 0 aromatic rings. The molecule has 0 spiro atoms. The highest BCUT2D eigenvalue weighted by Gasteiger charge is 2.26. The second kappa shape index (κ2) is 2.88. The molecule has 11 heavy (non-hydrogen) atoms. The Morgan fingerprint density at radius 3 is 2.73 bits per heavy atom. The van der Waals surface area contributed by atoms with E-state index in [4.69, 9.17) is 5.73 Å². The second-order valence-corrected chi connectivity index (χ2v) is 4.02. The molecular weight excluding hydrogens is 134 g/mol. The van der Waals surface area contributed by atoms with E-state index in [0.29, 0.717) is 0 Å². The summed E-state index contributed by atoms with van der Waals surface area (Å²) in [6.45, 7) is 0. The van der Waals surface area contributed by atoms with Crippen molar-refractivity contribution >= 4 is 0 Å². The Labute approximate surface area is 68.7 Å². The van der Waals surface area contributed by atoms with E-state index in [2.05, 4.69) is 6.08 Å². The lowest BCUT2D eigenvalue weighted by molar-refractivity contribution is 0.225. The van der Waals surface area contributed by atoms with Gasteiger partial charge >= 0.3 is 0 Å². The zero-order chi connectivity index (χ0) is 7.68. The van der Waals surface area contributed by atoms with Crippen molar-refractivity contribution in [2.24, 2.45) is 17.6 Å². The largest absolute Gasteiger partial charge is 0.402 e. The zero-order valence-electron chi connectivity index (χ0n) is 7.05. The monoisotopic (exact) mass is 151 g/mol. The van der Waals surface area contributed by atoms with E-state index in [1.807, 2.05) is 0 Å². The predicted molar refractivity (Wildman–Crippen MR) is 47.0 cm³/mol. The molecule has 0 heterocycles. The summed E-state index contributed by atoms with van der Waals surface area (Å²) in [5.41, 5.74) is 6.95. The molecule has 1 fully saturated rings. The van der Waals surface area contributed by atoms with Crippen molar-refractivity contribution in [1.29, 1.82) is 0 Å². The van der Waals surface area contributed by atoms with Gasteiger partial charge in [-0.05, 0) is 37.5 Å². The number of hydrogen-bond donors (Lipinski definition) is 1. The Kier molecular flexibility index (Phi) is 1.89. The first-order chi connectivity index (χ1) is 5.36. The highest BCUT2D eigenvalue weighted by atomic mass is 14.6. The molecule has 1 nitrogen and oxygen atoms in total. The Hall–Kier alpha value is -0.460. The third-order valence-corrected chi connectivity index (χ3v) is 3.25. The van der Waals surface area contributed by atoms with Gasteiger partial charge in [-0.25, -0.2) is 0 Å². The topological polar surface area (TPSA) is 26.0 Å². The molecule has 0 bridgehead atoms. The summed E-state index contributed by atoms with van der Waals surface area (Å²) in [5, 5.41) is 0. The highest BCUT2D eigenvalue weighted by molar-refractivity contribution is 5.05. The fourth-order valence-electron chi connectivity index (χ4n) is 2.55. The van der Waals surface area contributed by atoms with Crippen molar-refractivity contribution in [3.05, 3.63) is 11.8 Å². The number of fused-ring (bicyclic) bond motifs is 1. The van der Waals surface area contributed by atoms with Crippen LogP contribution >= 0.6 is 0 Å². The number of hydrogen-bond acceptors (Lipinski definition) is 1. The molecule has 0 amide bonds. The van der Waals surface area contributed by atoms with E-state index >= 15 is 0 Å². The molecule has 2 N–H and O–H groups in total. The lowest BCUT2D eigenvalue weighted by Crippen LogP contribution is -2.24.